The number of ether oxygens (including phenoxy) is 4. The summed E-state index contributed by atoms with van der Waals surface area (Å²) in [6.07, 6.45) is 0.241. The molecule has 6 radical (unpaired) electrons. The summed E-state index contributed by atoms with van der Waals surface area (Å²) in [4.78, 5) is 4.20. The largest absolute Gasteiger partial charge is 0.493 e. The number of nitrogens with one attached hydrogen (secondary N) is 3. The molecule has 0 heterocycles. The first kappa shape index (κ1) is 58.1. The van der Waals surface area contributed by atoms with E-state index in [0.29, 0.717) is 70.5 Å². The SMILES string of the molecule is C[Si]CCCNCC(O)CN(CC(O)OC(CNCCC[Si]C)CN(CCOCC(C)(C)C)c1ccc(OCC(O)NCCC[Si]C)cc1)c1ccc(OCC[C@H](O)C(C)(C)C)cc1. The second-order valence-corrected chi connectivity index (χ2v) is 22.5. The van der Waals surface area contributed by atoms with E-state index in [2.05, 4.69) is 61.3 Å². The highest BCUT2D eigenvalue weighted by atomic mass is 28.2. The standard InChI is InChI=1S/C48H87N5O8Si3/c1-47(2,3)37-58-27-25-52(38-13-19-42(20-14-38)60-36-45(56)51-24-12-30-64-9)34-43(32-50-23-11-29-63-8)61-46(57)35-53(33-40(54)31-49-22-10-28-62-7)39-15-17-41(18-16-39)59-26-21-44(55)48(4,5)6/h13-20,40,43-46,49-51,54-57H,10-12,21-37H2,1-9H3/t40?,43?,44-,45?,46?/m0/s1. The van der Waals surface area contributed by atoms with Crippen molar-refractivity contribution in [3.8, 4) is 11.5 Å². The summed E-state index contributed by atoms with van der Waals surface area (Å²) in [6.45, 7) is 25.8. The summed E-state index contributed by atoms with van der Waals surface area (Å²) >= 11 is 0. The first-order chi connectivity index (χ1) is 30.5. The summed E-state index contributed by atoms with van der Waals surface area (Å²) < 4.78 is 24.6. The van der Waals surface area contributed by atoms with Crippen LogP contribution in [0.25, 0.3) is 0 Å². The highest BCUT2D eigenvalue weighted by Gasteiger charge is 2.24. The van der Waals surface area contributed by atoms with E-state index in [1.807, 2.05) is 74.2 Å². The van der Waals surface area contributed by atoms with Crippen LogP contribution in [-0.2, 0) is 9.47 Å². The summed E-state index contributed by atoms with van der Waals surface area (Å²) in [7, 11) is 2.71. The van der Waals surface area contributed by atoms with Crippen molar-refractivity contribution in [2.45, 2.75) is 136 Å². The minimum atomic E-state index is -1.17. The van der Waals surface area contributed by atoms with Crippen LogP contribution in [0.5, 0.6) is 11.5 Å². The third-order valence-corrected chi connectivity index (χ3v) is 12.9. The van der Waals surface area contributed by atoms with Crippen molar-refractivity contribution >= 4 is 39.9 Å². The summed E-state index contributed by atoms with van der Waals surface area (Å²) in [6, 6.07) is 19.0. The Kier molecular flexibility index (Phi) is 30.3. The molecule has 0 fully saturated rings. The van der Waals surface area contributed by atoms with Gasteiger partial charge < -0.3 is 59.8 Å². The molecule has 0 saturated carbocycles. The second-order valence-electron chi connectivity index (χ2n) is 18.9. The van der Waals surface area contributed by atoms with Gasteiger partial charge in [-0.15, -0.1) is 0 Å². The van der Waals surface area contributed by atoms with Crippen molar-refractivity contribution in [3.05, 3.63) is 48.5 Å². The van der Waals surface area contributed by atoms with Gasteiger partial charge in [-0.2, -0.15) is 0 Å². The van der Waals surface area contributed by atoms with Crippen LogP contribution in [0.4, 0.5) is 11.4 Å². The molecule has 7 N–H and O–H groups in total. The third-order valence-electron chi connectivity index (χ3n) is 10.4. The van der Waals surface area contributed by atoms with Crippen molar-refractivity contribution in [1.29, 1.82) is 0 Å². The van der Waals surface area contributed by atoms with Crippen molar-refractivity contribution in [3.63, 3.8) is 0 Å². The fraction of sp³-hybridized carbons (Fsp3) is 0.750. The molecule has 364 valence electrons. The molecule has 0 aliphatic heterocycles. The van der Waals surface area contributed by atoms with Crippen LogP contribution in [0, 0.1) is 10.8 Å². The molecule has 0 bridgehead atoms. The van der Waals surface area contributed by atoms with Crippen LogP contribution in [0.2, 0.25) is 37.8 Å². The first-order valence-electron chi connectivity index (χ1n) is 23.5. The molecule has 16 heteroatoms. The highest BCUT2D eigenvalue weighted by molar-refractivity contribution is 6.33. The Labute approximate surface area is 395 Å². The highest BCUT2D eigenvalue weighted by Crippen LogP contribution is 2.25. The molecule has 13 nitrogen and oxygen atoms in total. The Hall–Kier alpha value is -2.07. The van der Waals surface area contributed by atoms with E-state index in [1.165, 1.54) is 6.04 Å². The van der Waals surface area contributed by atoms with Gasteiger partial charge in [0.05, 0.1) is 44.7 Å². The monoisotopic (exact) mass is 946 g/mol. The molecule has 2 rings (SSSR count). The van der Waals surface area contributed by atoms with Crippen molar-refractivity contribution in [2.24, 2.45) is 10.8 Å². The number of benzene rings is 2. The molecule has 4 unspecified atom stereocenters. The van der Waals surface area contributed by atoms with Gasteiger partial charge >= 0.3 is 0 Å². The van der Waals surface area contributed by atoms with Crippen LogP contribution in [0.1, 0.15) is 67.2 Å². The maximum atomic E-state index is 11.8. The first-order valence-corrected chi connectivity index (χ1v) is 28.7. The molecule has 64 heavy (non-hydrogen) atoms. The maximum absolute atomic E-state index is 11.8. The summed E-state index contributed by atoms with van der Waals surface area (Å²) in [5, 5.41) is 53.9. The number of aliphatic hydroxyl groups is 4. The lowest BCUT2D eigenvalue weighted by atomic mass is 9.87. The smallest absolute Gasteiger partial charge is 0.172 e. The van der Waals surface area contributed by atoms with Crippen molar-refractivity contribution in [1.82, 2.24) is 16.0 Å². The van der Waals surface area contributed by atoms with Crippen molar-refractivity contribution < 1.29 is 39.4 Å². The van der Waals surface area contributed by atoms with E-state index in [0.717, 1.165) is 90.9 Å². The molecule has 5 atom stereocenters. The molecule has 0 aromatic heterocycles. The maximum Gasteiger partial charge on any atom is 0.172 e. The average molecular weight is 947 g/mol. The topological polar surface area (TPSA) is 160 Å². The number of hydrogen-bond donors (Lipinski definition) is 7. The minimum Gasteiger partial charge on any atom is -0.493 e. The minimum absolute atomic E-state index is 0.0339. The van der Waals surface area contributed by atoms with Gasteiger partial charge in [0.15, 0.2) is 6.29 Å². The fourth-order valence-electron chi connectivity index (χ4n) is 6.65. The lowest BCUT2D eigenvalue weighted by Gasteiger charge is -2.34. The van der Waals surface area contributed by atoms with E-state index in [-0.39, 0.29) is 30.1 Å². The van der Waals surface area contributed by atoms with E-state index in [9.17, 15) is 20.4 Å². The number of hydrogen-bond acceptors (Lipinski definition) is 13. The Morgan fingerprint density at radius 2 is 1.19 bits per heavy atom. The normalized spacial score (nSPS) is 14.5. The van der Waals surface area contributed by atoms with Crippen molar-refractivity contribution in [2.75, 3.05) is 95.1 Å². The van der Waals surface area contributed by atoms with Gasteiger partial charge in [0.25, 0.3) is 0 Å². The molecule has 0 aliphatic rings. The Balaban J connectivity index is 2.29. The number of anilines is 2. The van der Waals surface area contributed by atoms with E-state index < -0.39 is 24.7 Å². The average Bonchev–Trinajstić information content (AvgIpc) is 3.24. The Bertz CT molecular complexity index is 1420. The van der Waals surface area contributed by atoms with Gasteiger partial charge in [-0.3, -0.25) is 5.32 Å². The Morgan fingerprint density at radius 1 is 0.641 bits per heavy atom. The predicted molar refractivity (Wildman–Crippen MR) is 268 cm³/mol. The van der Waals surface area contributed by atoms with Gasteiger partial charge in [0.2, 0.25) is 0 Å². The third kappa shape index (κ3) is 27.5. The molecule has 0 amide bonds. The number of nitrogens with zero attached hydrogens (tertiary/aromatic N) is 2. The van der Waals surface area contributed by atoms with Gasteiger partial charge in [-0.1, -0.05) is 79.3 Å². The van der Waals surface area contributed by atoms with Crippen LogP contribution in [0.3, 0.4) is 0 Å². The number of rotatable bonds is 38. The zero-order chi connectivity index (χ0) is 47.2. The molecule has 2 aromatic rings. The molecular weight excluding hydrogens is 859 g/mol. The van der Waals surface area contributed by atoms with Crippen LogP contribution in [0.15, 0.2) is 48.5 Å². The lowest BCUT2D eigenvalue weighted by Crippen LogP contribution is -2.47. The zero-order valence-electron chi connectivity index (χ0n) is 41.0. The molecule has 0 spiro atoms. The molecule has 2 aromatic carbocycles. The molecule has 0 saturated heterocycles. The zero-order valence-corrected chi connectivity index (χ0v) is 44.0. The van der Waals surface area contributed by atoms with E-state index in [4.69, 9.17) is 18.9 Å². The molecule has 0 aliphatic carbocycles. The van der Waals surface area contributed by atoms with E-state index in [1.54, 1.807) is 0 Å². The fourth-order valence-corrected chi connectivity index (χ4v) is 8.24. The van der Waals surface area contributed by atoms with Crippen LogP contribution < -0.4 is 35.2 Å². The second kappa shape index (κ2) is 33.4. The van der Waals surface area contributed by atoms with Gasteiger partial charge in [-0.25, -0.2) is 0 Å². The predicted octanol–water partition coefficient (Wildman–Crippen LogP) is 5.45. The van der Waals surface area contributed by atoms with Gasteiger partial charge in [0.1, 0.15) is 24.3 Å². The van der Waals surface area contributed by atoms with Crippen LogP contribution in [-0.4, -0.2) is 165 Å². The van der Waals surface area contributed by atoms with E-state index >= 15 is 0 Å². The Morgan fingerprint density at radius 3 is 1.75 bits per heavy atom. The summed E-state index contributed by atoms with van der Waals surface area (Å²) in [5.41, 5.74) is 1.61. The van der Waals surface area contributed by atoms with Gasteiger partial charge in [0, 0.05) is 79.1 Å². The number of aliphatic hydroxyl groups excluding tert-OH is 4. The molecular formula is C48H87N5O8Si3. The van der Waals surface area contributed by atoms with Crippen LogP contribution >= 0.6 is 0 Å². The lowest BCUT2D eigenvalue weighted by molar-refractivity contribution is -0.126. The quantitative estimate of drug-likeness (QED) is 0.0259. The summed E-state index contributed by atoms with van der Waals surface area (Å²) in [5.74, 6) is 1.36. The van der Waals surface area contributed by atoms with Gasteiger partial charge in [-0.05, 0) is 98.3 Å².